The number of aliphatic hydroxyl groups is 1. The number of rotatable bonds is 4. The van der Waals surface area contributed by atoms with Gasteiger partial charge in [0.15, 0.2) is 0 Å². The summed E-state index contributed by atoms with van der Waals surface area (Å²) in [6, 6.07) is 31.1. The Labute approximate surface area is 204 Å². The molecule has 1 aliphatic rings. The zero-order valence-electron chi connectivity index (χ0n) is 19.3. The van der Waals surface area contributed by atoms with Crippen molar-refractivity contribution in [3.05, 3.63) is 119 Å². The number of para-hydroxylation sites is 2. The number of aryl methyl sites for hydroxylation is 2. The van der Waals surface area contributed by atoms with E-state index in [1.54, 1.807) is 0 Å². The van der Waals surface area contributed by atoms with E-state index in [4.69, 9.17) is 4.74 Å². The van der Waals surface area contributed by atoms with Crippen LogP contribution in [-0.2, 0) is 13.0 Å². The Kier molecular flexibility index (Phi) is 5.58. The van der Waals surface area contributed by atoms with Gasteiger partial charge in [-0.3, -0.25) is 0 Å². The minimum absolute atomic E-state index is 0.500. The Morgan fingerprint density at radius 3 is 2.29 bits per heavy atom. The van der Waals surface area contributed by atoms with Crippen molar-refractivity contribution in [2.45, 2.75) is 19.1 Å². The topological polar surface area (TPSA) is 34.4 Å². The average Bonchev–Trinajstić information content (AvgIpc) is 3.24. The molecule has 3 nitrogen and oxygen atoms in total. The van der Waals surface area contributed by atoms with Crippen LogP contribution in [-0.4, -0.2) is 16.3 Å². The molecule has 170 valence electrons. The van der Waals surface area contributed by atoms with E-state index in [1.165, 1.54) is 21.8 Å². The molecule has 0 spiro atoms. The lowest BCUT2D eigenvalue weighted by Crippen LogP contribution is -2.09. The number of nitrogens with zero attached hydrogens (tertiary/aromatic N) is 1. The lowest BCUT2D eigenvalue weighted by Gasteiger charge is -2.20. The van der Waals surface area contributed by atoms with Gasteiger partial charge in [-0.25, -0.2) is 0 Å². The maximum Gasteiger partial charge on any atom is 0.144 e. The molecule has 1 unspecified atom stereocenters. The summed E-state index contributed by atoms with van der Waals surface area (Å²) in [7, 11) is 0. The van der Waals surface area contributed by atoms with Gasteiger partial charge in [-0.15, -0.1) is 0 Å². The minimum atomic E-state index is -0.927. The number of hydrogen-bond donors (Lipinski definition) is 1. The summed E-state index contributed by atoms with van der Waals surface area (Å²) in [6.45, 7) is 1.34. The summed E-state index contributed by atoms with van der Waals surface area (Å²) in [4.78, 5) is 0. The van der Waals surface area contributed by atoms with Gasteiger partial charge < -0.3 is 14.4 Å². The lowest BCUT2D eigenvalue weighted by molar-refractivity contribution is 0.229. The van der Waals surface area contributed by atoms with E-state index in [0.717, 1.165) is 41.0 Å². The number of aliphatic hydroxyl groups excluding tert-OH is 1. The molecule has 0 saturated heterocycles. The summed E-state index contributed by atoms with van der Waals surface area (Å²) >= 11 is 0. The molecule has 0 aliphatic carbocycles. The molecule has 1 aliphatic heterocycles. The second-order valence-corrected chi connectivity index (χ2v) is 8.79. The highest BCUT2D eigenvalue weighted by atomic mass is 16.5. The quantitative estimate of drug-likeness (QED) is 0.313. The standard InChI is InChI=1S/C32H25NO2/c34-31(17-16-23-9-2-1-3-10-23)28-22-24(21-25-11-8-20-35-32(25)28)18-19-33-29-14-6-4-12-26(29)27-13-5-7-15-30(27)33/h1-15,21-22,31,34H,18-20H2. The second-order valence-electron chi connectivity index (χ2n) is 8.79. The van der Waals surface area contributed by atoms with E-state index in [9.17, 15) is 5.11 Å². The van der Waals surface area contributed by atoms with Gasteiger partial charge >= 0.3 is 0 Å². The van der Waals surface area contributed by atoms with Crippen LogP contribution in [0.1, 0.15) is 28.4 Å². The van der Waals surface area contributed by atoms with Crippen molar-refractivity contribution in [1.29, 1.82) is 0 Å². The van der Waals surface area contributed by atoms with Crippen molar-refractivity contribution in [2.24, 2.45) is 0 Å². The largest absolute Gasteiger partial charge is 0.488 e. The first-order chi connectivity index (χ1) is 17.3. The van der Waals surface area contributed by atoms with Gasteiger partial charge in [0.25, 0.3) is 0 Å². The monoisotopic (exact) mass is 455 g/mol. The van der Waals surface area contributed by atoms with Crippen molar-refractivity contribution in [3.8, 4) is 17.6 Å². The van der Waals surface area contributed by atoms with Crippen molar-refractivity contribution in [2.75, 3.05) is 6.61 Å². The molecule has 2 heterocycles. The third kappa shape index (κ3) is 4.10. The smallest absolute Gasteiger partial charge is 0.144 e. The molecule has 3 heteroatoms. The summed E-state index contributed by atoms with van der Waals surface area (Å²) in [6.07, 6.45) is 3.98. The highest BCUT2D eigenvalue weighted by Crippen LogP contribution is 2.35. The zero-order valence-corrected chi connectivity index (χ0v) is 19.3. The van der Waals surface area contributed by atoms with E-state index >= 15 is 0 Å². The van der Waals surface area contributed by atoms with Crippen LogP contribution in [0, 0.1) is 11.8 Å². The van der Waals surface area contributed by atoms with Gasteiger partial charge in [-0.1, -0.05) is 72.5 Å². The minimum Gasteiger partial charge on any atom is -0.488 e. The first kappa shape index (κ1) is 21.3. The van der Waals surface area contributed by atoms with Crippen LogP contribution >= 0.6 is 0 Å². The fraction of sp³-hybridized carbons (Fsp3) is 0.125. The Balaban J connectivity index is 1.35. The predicted octanol–water partition coefficient (Wildman–Crippen LogP) is 6.53. The predicted molar refractivity (Wildman–Crippen MR) is 142 cm³/mol. The molecule has 1 aromatic heterocycles. The van der Waals surface area contributed by atoms with Gasteiger partial charge in [0, 0.05) is 45.0 Å². The van der Waals surface area contributed by atoms with Crippen LogP contribution in [0.4, 0.5) is 0 Å². The van der Waals surface area contributed by atoms with E-state index in [2.05, 4.69) is 83.1 Å². The Hall–Kier alpha value is -4.26. The zero-order chi connectivity index (χ0) is 23.6. The molecule has 0 bridgehead atoms. The van der Waals surface area contributed by atoms with Crippen LogP contribution in [0.5, 0.6) is 5.75 Å². The lowest BCUT2D eigenvalue weighted by atomic mass is 9.97. The number of fused-ring (bicyclic) bond motifs is 4. The number of ether oxygens (including phenoxy) is 1. The highest BCUT2D eigenvalue weighted by molar-refractivity contribution is 6.07. The molecule has 0 amide bonds. The molecular formula is C32H25NO2. The Bertz CT molecular complexity index is 1560. The third-order valence-corrected chi connectivity index (χ3v) is 6.55. The molecule has 5 aromatic rings. The van der Waals surface area contributed by atoms with Crippen LogP contribution in [0.3, 0.4) is 0 Å². The summed E-state index contributed by atoms with van der Waals surface area (Å²) in [5.74, 6) is 6.82. The molecular weight excluding hydrogens is 430 g/mol. The van der Waals surface area contributed by atoms with Gasteiger partial charge in [0.05, 0.1) is 0 Å². The van der Waals surface area contributed by atoms with Gasteiger partial charge in [-0.05, 0) is 54.5 Å². The molecule has 35 heavy (non-hydrogen) atoms. The molecule has 6 rings (SSSR count). The number of hydrogen-bond acceptors (Lipinski definition) is 2. The van der Waals surface area contributed by atoms with Gasteiger partial charge in [0.2, 0.25) is 0 Å². The Morgan fingerprint density at radius 1 is 0.857 bits per heavy atom. The number of benzene rings is 4. The fourth-order valence-corrected chi connectivity index (χ4v) is 4.92. The third-order valence-electron chi connectivity index (χ3n) is 6.55. The van der Waals surface area contributed by atoms with Gasteiger partial charge in [0.1, 0.15) is 18.5 Å². The second kappa shape index (κ2) is 9.18. The van der Waals surface area contributed by atoms with Crippen molar-refractivity contribution < 1.29 is 9.84 Å². The Morgan fingerprint density at radius 2 is 1.54 bits per heavy atom. The fourth-order valence-electron chi connectivity index (χ4n) is 4.92. The molecule has 0 saturated carbocycles. The maximum atomic E-state index is 11.0. The SMILES string of the molecule is OC(C#Cc1ccccc1)c1cc(CCn2c3ccccc3c3ccccc32)cc2c1OCC=C2. The van der Waals surface area contributed by atoms with E-state index in [0.29, 0.717) is 6.61 Å². The number of aromatic nitrogens is 1. The van der Waals surface area contributed by atoms with Crippen LogP contribution < -0.4 is 4.74 Å². The maximum absolute atomic E-state index is 11.0. The van der Waals surface area contributed by atoms with Crippen LogP contribution in [0.2, 0.25) is 0 Å². The first-order valence-electron chi connectivity index (χ1n) is 11.9. The normalized spacial score (nSPS) is 13.2. The summed E-state index contributed by atoms with van der Waals surface area (Å²) in [5.41, 5.74) is 6.23. The summed E-state index contributed by atoms with van der Waals surface area (Å²) < 4.78 is 8.32. The van der Waals surface area contributed by atoms with Crippen LogP contribution in [0.15, 0.2) is 97.1 Å². The average molecular weight is 456 g/mol. The van der Waals surface area contributed by atoms with E-state index < -0.39 is 6.10 Å². The van der Waals surface area contributed by atoms with E-state index in [-0.39, 0.29) is 0 Å². The first-order valence-corrected chi connectivity index (χ1v) is 11.9. The molecule has 0 fully saturated rings. The molecule has 1 atom stereocenters. The molecule has 1 N–H and O–H groups in total. The van der Waals surface area contributed by atoms with Crippen molar-refractivity contribution >= 4 is 27.9 Å². The van der Waals surface area contributed by atoms with Crippen molar-refractivity contribution in [1.82, 2.24) is 4.57 Å². The summed E-state index contributed by atoms with van der Waals surface area (Å²) in [5, 5.41) is 13.6. The molecule has 4 aromatic carbocycles. The van der Waals surface area contributed by atoms with E-state index in [1.807, 2.05) is 36.4 Å². The highest BCUT2D eigenvalue weighted by Gasteiger charge is 2.19. The van der Waals surface area contributed by atoms with Crippen LogP contribution in [0.25, 0.3) is 27.9 Å². The molecule has 0 radical (unpaired) electrons. The van der Waals surface area contributed by atoms with Gasteiger partial charge in [-0.2, -0.15) is 0 Å². The van der Waals surface area contributed by atoms with Crippen molar-refractivity contribution in [3.63, 3.8) is 0 Å².